The highest BCUT2D eigenvalue weighted by Crippen LogP contribution is 2.40. The molecule has 2 aliphatic rings. The van der Waals surface area contributed by atoms with E-state index in [4.69, 9.17) is 24.0 Å². The van der Waals surface area contributed by atoms with Crippen LogP contribution in [-0.2, 0) is 14.3 Å². The van der Waals surface area contributed by atoms with Crippen molar-refractivity contribution in [2.75, 3.05) is 41.0 Å². The van der Waals surface area contributed by atoms with E-state index in [1.165, 1.54) is 5.01 Å². The molecule has 2 aromatic carbocycles. The normalized spacial score (nSPS) is 19.8. The van der Waals surface area contributed by atoms with Crippen LogP contribution in [0.15, 0.2) is 47.6 Å². The van der Waals surface area contributed by atoms with Crippen LogP contribution >= 0.6 is 0 Å². The van der Waals surface area contributed by atoms with Crippen LogP contribution < -0.4 is 14.2 Å². The summed E-state index contributed by atoms with van der Waals surface area (Å²) in [5, 5.41) is 6.34. The molecule has 198 valence electrons. The number of hydrazone groups is 1. The van der Waals surface area contributed by atoms with E-state index in [-0.39, 0.29) is 24.5 Å². The molecule has 0 aliphatic carbocycles. The molecule has 2 aliphatic heterocycles. The van der Waals surface area contributed by atoms with Crippen LogP contribution in [0.3, 0.4) is 0 Å². The predicted octanol–water partition coefficient (Wildman–Crippen LogP) is 3.81. The van der Waals surface area contributed by atoms with Crippen molar-refractivity contribution in [1.82, 2.24) is 9.91 Å². The number of hydrogen-bond donors (Lipinski definition) is 0. The van der Waals surface area contributed by atoms with Crippen LogP contribution in [0, 0.1) is 0 Å². The first-order valence-electron chi connectivity index (χ1n) is 12.7. The van der Waals surface area contributed by atoms with Gasteiger partial charge in [-0.05, 0) is 50.6 Å². The summed E-state index contributed by atoms with van der Waals surface area (Å²) in [6.45, 7) is 2.83. The summed E-state index contributed by atoms with van der Waals surface area (Å²) in [6.07, 6.45) is 3.02. The number of para-hydroxylation sites is 1. The fourth-order valence-electron chi connectivity index (χ4n) is 5.05. The van der Waals surface area contributed by atoms with E-state index in [1.54, 1.807) is 34.3 Å². The average molecular weight is 510 g/mol. The Bertz CT molecular complexity index is 1150. The maximum atomic E-state index is 13.8. The zero-order valence-electron chi connectivity index (χ0n) is 21.9. The zero-order valence-corrected chi connectivity index (χ0v) is 21.9. The van der Waals surface area contributed by atoms with Crippen LogP contribution in [0.1, 0.15) is 49.8 Å². The Balaban J connectivity index is 1.68. The molecule has 2 aromatic rings. The van der Waals surface area contributed by atoms with E-state index >= 15 is 0 Å². The number of carbonyl (C=O) groups is 2. The van der Waals surface area contributed by atoms with Crippen molar-refractivity contribution in [2.45, 2.75) is 44.7 Å². The van der Waals surface area contributed by atoms with Crippen molar-refractivity contribution in [3.05, 3.63) is 53.6 Å². The molecule has 1 saturated heterocycles. The van der Waals surface area contributed by atoms with Gasteiger partial charge in [-0.15, -0.1) is 0 Å². The molecule has 1 amide bonds. The lowest BCUT2D eigenvalue weighted by atomic mass is 9.97. The number of likely N-dealkylation sites (tertiary alicyclic amines) is 1. The molecule has 1 fully saturated rings. The van der Waals surface area contributed by atoms with Gasteiger partial charge in [0.25, 0.3) is 5.91 Å². The van der Waals surface area contributed by atoms with Gasteiger partial charge in [-0.3, -0.25) is 14.5 Å². The highest BCUT2D eigenvalue weighted by atomic mass is 16.5. The summed E-state index contributed by atoms with van der Waals surface area (Å²) in [5.74, 6) is 1.50. The Hall–Kier alpha value is -3.59. The zero-order chi connectivity index (χ0) is 26.4. The first kappa shape index (κ1) is 26.5. The van der Waals surface area contributed by atoms with Crippen LogP contribution in [-0.4, -0.2) is 74.6 Å². The highest BCUT2D eigenvalue weighted by Gasteiger charge is 2.38. The van der Waals surface area contributed by atoms with E-state index in [1.807, 2.05) is 41.3 Å². The molecule has 0 aromatic heterocycles. The second kappa shape index (κ2) is 12.1. The van der Waals surface area contributed by atoms with Crippen molar-refractivity contribution in [3.8, 4) is 17.2 Å². The van der Waals surface area contributed by atoms with Crippen molar-refractivity contribution < 1.29 is 28.5 Å². The highest BCUT2D eigenvalue weighted by molar-refractivity contribution is 6.05. The van der Waals surface area contributed by atoms with Gasteiger partial charge in [0, 0.05) is 23.6 Å². The topological polar surface area (TPSA) is 89.9 Å². The fourth-order valence-corrected chi connectivity index (χ4v) is 5.05. The van der Waals surface area contributed by atoms with Crippen LogP contribution in [0.25, 0.3) is 0 Å². The molecule has 4 rings (SSSR count). The number of esters is 1. The lowest BCUT2D eigenvalue weighted by Gasteiger charge is -2.34. The van der Waals surface area contributed by atoms with Gasteiger partial charge >= 0.3 is 5.97 Å². The lowest BCUT2D eigenvalue weighted by molar-refractivity contribution is -0.152. The smallest absolute Gasteiger partial charge is 0.323 e. The number of nitrogens with zero attached hydrogens (tertiary/aromatic N) is 3. The molecule has 9 heteroatoms. The van der Waals surface area contributed by atoms with Gasteiger partial charge in [0.2, 0.25) is 0 Å². The van der Waals surface area contributed by atoms with E-state index in [0.717, 1.165) is 29.7 Å². The molecular weight excluding hydrogens is 474 g/mol. The van der Waals surface area contributed by atoms with Gasteiger partial charge in [0.15, 0.2) is 0 Å². The van der Waals surface area contributed by atoms with Crippen molar-refractivity contribution in [2.24, 2.45) is 5.10 Å². The maximum absolute atomic E-state index is 13.8. The van der Waals surface area contributed by atoms with E-state index in [9.17, 15) is 9.59 Å². The van der Waals surface area contributed by atoms with E-state index in [2.05, 4.69) is 0 Å². The van der Waals surface area contributed by atoms with Gasteiger partial charge in [-0.1, -0.05) is 18.6 Å². The molecular formula is C28H35N3O6. The fraction of sp³-hybridized carbons (Fsp3) is 0.464. The Morgan fingerprint density at radius 3 is 2.51 bits per heavy atom. The number of hydrogen-bond acceptors (Lipinski definition) is 8. The standard InChI is InChI=1S/C28H35N3O6/c1-5-37-28(33)23-11-8-9-15-30(23)18-27(32)31-24(21-14-13-19(34-2)16-26(21)36-4)17-22(29-31)20-10-6-7-12-25(20)35-3/h6-7,10,12-14,16,23-24H,5,8-9,11,15,17-18H2,1-4H3/t23-,24-/m1/s1. The number of methoxy groups -OCH3 is 3. The van der Waals surface area contributed by atoms with Crippen LogP contribution in [0.4, 0.5) is 0 Å². The summed E-state index contributed by atoms with van der Waals surface area (Å²) < 4.78 is 21.9. The van der Waals surface area contributed by atoms with Crippen molar-refractivity contribution in [1.29, 1.82) is 0 Å². The first-order valence-corrected chi connectivity index (χ1v) is 12.7. The average Bonchev–Trinajstić information content (AvgIpc) is 3.38. The van der Waals surface area contributed by atoms with Gasteiger partial charge < -0.3 is 18.9 Å². The molecule has 0 unspecified atom stereocenters. The Kier molecular flexibility index (Phi) is 8.66. The van der Waals surface area contributed by atoms with E-state index in [0.29, 0.717) is 43.2 Å². The third-order valence-corrected chi connectivity index (χ3v) is 6.89. The van der Waals surface area contributed by atoms with Crippen molar-refractivity contribution in [3.63, 3.8) is 0 Å². The van der Waals surface area contributed by atoms with Gasteiger partial charge in [-0.2, -0.15) is 5.10 Å². The summed E-state index contributed by atoms with van der Waals surface area (Å²) in [4.78, 5) is 28.3. The van der Waals surface area contributed by atoms with E-state index < -0.39 is 6.04 Å². The van der Waals surface area contributed by atoms with Crippen LogP contribution in [0.5, 0.6) is 17.2 Å². The Morgan fingerprint density at radius 1 is 1.00 bits per heavy atom. The first-order chi connectivity index (χ1) is 18.0. The summed E-state index contributed by atoms with van der Waals surface area (Å²) in [6, 6.07) is 12.4. The maximum Gasteiger partial charge on any atom is 0.323 e. The van der Waals surface area contributed by atoms with Crippen molar-refractivity contribution >= 4 is 17.6 Å². The van der Waals surface area contributed by atoms with Gasteiger partial charge in [0.1, 0.15) is 23.3 Å². The number of benzene rings is 2. The Labute approximate surface area is 217 Å². The largest absolute Gasteiger partial charge is 0.497 e. The molecule has 0 N–H and O–H groups in total. The quantitative estimate of drug-likeness (QED) is 0.475. The second-order valence-corrected chi connectivity index (χ2v) is 9.05. The molecule has 2 heterocycles. The van der Waals surface area contributed by atoms with Gasteiger partial charge in [-0.25, -0.2) is 5.01 Å². The molecule has 0 spiro atoms. The molecule has 2 atom stereocenters. The predicted molar refractivity (Wildman–Crippen MR) is 139 cm³/mol. The summed E-state index contributed by atoms with van der Waals surface area (Å²) in [5.41, 5.74) is 2.40. The minimum Gasteiger partial charge on any atom is -0.497 e. The molecule has 9 nitrogen and oxygen atoms in total. The number of piperidine rings is 1. The molecule has 0 saturated carbocycles. The minimum absolute atomic E-state index is 0.0706. The monoisotopic (exact) mass is 509 g/mol. The lowest BCUT2D eigenvalue weighted by Crippen LogP contribution is -2.49. The third-order valence-electron chi connectivity index (χ3n) is 6.89. The number of amides is 1. The van der Waals surface area contributed by atoms with Crippen LogP contribution in [0.2, 0.25) is 0 Å². The second-order valence-electron chi connectivity index (χ2n) is 9.05. The number of ether oxygens (including phenoxy) is 4. The SMILES string of the molecule is CCOC(=O)[C@H]1CCCCN1CC(=O)N1N=C(c2ccccc2OC)C[C@@H]1c1ccc(OC)cc1OC. The Morgan fingerprint density at radius 2 is 1.78 bits per heavy atom. The number of carbonyl (C=O) groups excluding carboxylic acids is 2. The minimum atomic E-state index is -0.424. The molecule has 0 bridgehead atoms. The summed E-state index contributed by atoms with van der Waals surface area (Å²) >= 11 is 0. The molecule has 37 heavy (non-hydrogen) atoms. The molecule has 0 radical (unpaired) electrons. The summed E-state index contributed by atoms with van der Waals surface area (Å²) in [7, 11) is 4.81. The third kappa shape index (κ3) is 5.72. The number of rotatable bonds is 9. The van der Waals surface area contributed by atoms with Gasteiger partial charge in [0.05, 0.1) is 46.2 Å².